The molecule has 7 heteroatoms. The Morgan fingerprint density at radius 2 is 1.77 bits per heavy atom. The quantitative estimate of drug-likeness (QED) is 0.789. The molecular weight excluding hydrogens is 304 g/mol. The molecule has 0 radical (unpaired) electrons. The van der Waals surface area contributed by atoms with Crippen LogP contribution >= 0.6 is 11.3 Å². The maximum atomic E-state index is 12.5. The topological polar surface area (TPSA) is 109 Å². The van der Waals surface area contributed by atoms with Crippen LogP contribution in [0.15, 0.2) is 0 Å². The molecule has 1 aliphatic carbocycles. The van der Waals surface area contributed by atoms with Gasteiger partial charge in [-0.1, -0.05) is 12.8 Å². The van der Waals surface area contributed by atoms with Crippen LogP contribution in [0.2, 0.25) is 0 Å². The fourth-order valence-electron chi connectivity index (χ4n) is 2.96. The number of amides is 2. The van der Waals surface area contributed by atoms with Crippen LogP contribution in [0, 0.1) is 25.7 Å². The van der Waals surface area contributed by atoms with E-state index in [1.54, 1.807) is 6.92 Å². The van der Waals surface area contributed by atoms with Crippen LogP contribution in [0.1, 0.15) is 46.5 Å². The van der Waals surface area contributed by atoms with E-state index in [4.69, 9.17) is 5.73 Å². The Morgan fingerprint density at radius 3 is 2.32 bits per heavy atom. The summed E-state index contributed by atoms with van der Waals surface area (Å²) in [4.78, 5) is 36.2. The Kier molecular flexibility index (Phi) is 4.85. The van der Waals surface area contributed by atoms with E-state index < -0.39 is 23.7 Å². The van der Waals surface area contributed by atoms with Crippen LogP contribution in [0.3, 0.4) is 0 Å². The van der Waals surface area contributed by atoms with Gasteiger partial charge in [-0.2, -0.15) is 0 Å². The second-order valence-electron chi connectivity index (χ2n) is 5.68. The van der Waals surface area contributed by atoms with Crippen molar-refractivity contribution in [3.8, 4) is 0 Å². The van der Waals surface area contributed by atoms with Gasteiger partial charge in [-0.25, -0.2) is 0 Å². The van der Waals surface area contributed by atoms with Crippen molar-refractivity contribution in [2.45, 2.75) is 39.5 Å². The lowest BCUT2D eigenvalue weighted by Crippen LogP contribution is -2.36. The Bertz CT molecular complexity index is 623. The third-order valence-corrected chi connectivity index (χ3v) is 5.41. The molecule has 1 fully saturated rings. The zero-order valence-corrected chi connectivity index (χ0v) is 13.5. The highest BCUT2D eigenvalue weighted by atomic mass is 32.1. The number of aryl methyl sites for hydroxylation is 1. The molecule has 0 aliphatic heterocycles. The van der Waals surface area contributed by atoms with Gasteiger partial charge in [0, 0.05) is 4.88 Å². The van der Waals surface area contributed by atoms with Crippen molar-refractivity contribution >= 4 is 34.1 Å². The number of carboxylic acids is 1. The first kappa shape index (κ1) is 16.5. The standard InChI is InChI=1S/C15H20N2O4S/c1-7-8(2)22-14(11(7)12(16)18)17-13(19)9-5-3-4-6-10(9)15(20)21/h9-10H,3-6H2,1-2H3,(H2,16,18)(H,17,19)(H,20,21)/t9-,10-/m0/s1. The molecule has 22 heavy (non-hydrogen) atoms. The number of carboxylic acid groups (broad SMARTS) is 1. The molecule has 2 rings (SSSR count). The summed E-state index contributed by atoms with van der Waals surface area (Å²) >= 11 is 1.29. The molecule has 0 bridgehead atoms. The summed E-state index contributed by atoms with van der Waals surface area (Å²) in [5, 5.41) is 12.4. The average molecular weight is 324 g/mol. The van der Waals surface area contributed by atoms with E-state index in [1.165, 1.54) is 11.3 Å². The van der Waals surface area contributed by atoms with Crippen molar-refractivity contribution in [2.24, 2.45) is 17.6 Å². The normalized spacial score (nSPS) is 21.4. The van der Waals surface area contributed by atoms with E-state index in [0.29, 0.717) is 23.4 Å². The van der Waals surface area contributed by atoms with E-state index in [1.807, 2.05) is 6.92 Å². The van der Waals surface area contributed by atoms with Gasteiger partial charge in [0.15, 0.2) is 0 Å². The van der Waals surface area contributed by atoms with Gasteiger partial charge >= 0.3 is 5.97 Å². The van der Waals surface area contributed by atoms with Crippen LogP contribution in [0.4, 0.5) is 5.00 Å². The highest BCUT2D eigenvalue weighted by Crippen LogP contribution is 2.35. The number of rotatable bonds is 4. The van der Waals surface area contributed by atoms with Crippen molar-refractivity contribution in [1.82, 2.24) is 0 Å². The summed E-state index contributed by atoms with van der Waals surface area (Å²) in [5.41, 5.74) is 6.45. The second kappa shape index (κ2) is 6.48. The van der Waals surface area contributed by atoms with Gasteiger partial charge in [-0.15, -0.1) is 11.3 Å². The number of nitrogens with one attached hydrogen (secondary N) is 1. The number of nitrogens with two attached hydrogens (primary N) is 1. The molecule has 120 valence electrons. The third kappa shape index (κ3) is 3.14. The summed E-state index contributed by atoms with van der Waals surface area (Å²) in [6.07, 6.45) is 2.73. The zero-order chi connectivity index (χ0) is 16.4. The highest BCUT2D eigenvalue weighted by Gasteiger charge is 2.36. The van der Waals surface area contributed by atoms with E-state index in [0.717, 1.165) is 23.3 Å². The van der Waals surface area contributed by atoms with Crippen molar-refractivity contribution in [1.29, 1.82) is 0 Å². The smallest absolute Gasteiger partial charge is 0.307 e. The molecule has 2 amide bonds. The SMILES string of the molecule is Cc1sc(NC(=O)[C@H]2CCCC[C@@H]2C(=O)O)c(C(N)=O)c1C. The summed E-state index contributed by atoms with van der Waals surface area (Å²) in [5.74, 6) is -3.08. The number of hydrogen-bond acceptors (Lipinski definition) is 4. The molecule has 0 aromatic carbocycles. The van der Waals surface area contributed by atoms with Gasteiger partial charge in [-0.3, -0.25) is 14.4 Å². The summed E-state index contributed by atoms with van der Waals surface area (Å²) in [6.45, 7) is 3.63. The van der Waals surface area contributed by atoms with E-state index in [2.05, 4.69) is 5.32 Å². The first-order valence-electron chi connectivity index (χ1n) is 7.26. The van der Waals surface area contributed by atoms with Gasteiger partial charge in [0.2, 0.25) is 5.91 Å². The Morgan fingerprint density at radius 1 is 1.18 bits per heavy atom. The first-order chi connectivity index (χ1) is 10.3. The molecule has 0 saturated heterocycles. The zero-order valence-electron chi connectivity index (χ0n) is 12.6. The molecule has 0 spiro atoms. The Labute approximate surface area is 132 Å². The van der Waals surface area contributed by atoms with Gasteiger partial charge in [0.1, 0.15) is 5.00 Å². The predicted molar refractivity (Wildman–Crippen MR) is 84.0 cm³/mol. The molecule has 4 N–H and O–H groups in total. The van der Waals surface area contributed by atoms with Crippen LogP contribution < -0.4 is 11.1 Å². The lowest BCUT2D eigenvalue weighted by Gasteiger charge is -2.27. The van der Waals surface area contributed by atoms with Gasteiger partial charge in [-0.05, 0) is 32.3 Å². The molecule has 2 atom stereocenters. The number of primary amides is 1. The van der Waals surface area contributed by atoms with Crippen molar-refractivity contribution in [2.75, 3.05) is 5.32 Å². The molecule has 1 aliphatic rings. The van der Waals surface area contributed by atoms with Crippen LogP contribution in [-0.4, -0.2) is 22.9 Å². The first-order valence-corrected chi connectivity index (χ1v) is 8.08. The van der Waals surface area contributed by atoms with Crippen LogP contribution in [-0.2, 0) is 9.59 Å². The number of carbonyl (C=O) groups is 3. The molecule has 1 aromatic rings. The highest BCUT2D eigenvalue weighted by molar-refractivity contribution is 7.16. The van der Waals surface area contributed by atoms with Crippen LogP contribution in [0.5, 0.6) is 0 Å². The van der Waals surface area contributed by atoms with Crippen molar-refractivity contribution < 1.29 is 19.5 Å². The fourth-order valence-corrected chi connectivity index (χ4v) is 4.03. The molecule has 1 heterocycles. The van der Waals surface area contributed by atoms with Gasteiger partial charge in [0.05, 0.1) is 17.4 Å². The number of thiophene rings is 1. The maximum Gasteiger partial charge on any atom is 0.307 e. The van der Waals surface area contributed by atoms with Gasteiger partial charge in [0.25, 0.3) is 5.91 Å². The second-order valence-corrected chi connectivity index (χ2v) is 6.90. The Balaban J connectivity index is 2.23. The van der Waals surface area contributed by atoms with Crippen molar-refractivity contribution in [3.63, 3.8) is 0 Å². The largest absolute Gasteiger partial charge is 0.481 e. The van der Waals surface area contributed by atoms with Crippen LogP contribution in [0.25, 0.3) is 0 Å². The summed E-state index contributed by atoms with van der Waals surface area (Å²) in [6, 6.07) is 0. The minimum absolute atomic E-state index is 0.318. The number of hydrogen-bond donors (Lipinski definition) is 3. The molecule has 0 unspecified atom stereocenters. The minimum atomic E-state index is -0.937. The van der Waals surface area contributed by atoms with Crippen molar-refractivity contribution in [3.05, 3.63) is 16.0 Å². The summed E-state index contributed by atoms with van der Waals surface area (Å²) in [7, 11) is 0. The van der Waals surface area contributed by atoms with E-state index in [-0.39, 0.29) is 5.91 Å². The minimum Gasteiger partial charge on any atom is -0.481 e. The average Bonchev–Trinajstić information content (AvgIpc) is 2.73. The summed E-state index contributed by atoms with van der Waals surface area (Å²) < 4.78 is 0. The lowest BCUT2D eigenvalue weighted by molar-refractivity contribution is -0.147. The molecule has 6 nitrogen and oxygen atoms in total. The Hall–Kier alpha value is -1.89. The van der Waals surface area contributed by atoms with E-state index >= 15 is 0 Å². The van der Waals surface area contributed by atoms with E-state index in [9.17, 15) is 19.5 Å². The number of anilines is 1. The maximum absolute atomic E-state index is 12.5. The monoisotopic (exact) mass is 324 g/mol. The lowest BCUT2D eigenvalue weighted by atomic mass is 9.79. The fraction of sp³-hybridized carbons (Fsp3) is 0.533. The predicted octanol–water partition coefficient (Wildman–Crippen LogP) is 2.29. The molecular formula is C15H20N2O4S. The number of carbonyl (C=O) groups excluding carboxylic acids is 2. The molecule has 1 aromatic heterocycles. The molecule has 1 saturated carbocycles. The third-order valence-electron chi connectivity index (χ3n) is 4.29. The van der Waals surface area contributed by atoms with Gasteiger partial charge < -0.3 is 16.2 Å². The number of aliphatic carboxylic acids is 1.